The Morgan fingerprint density at radius 3 is 2.71 bits per heavy atom. The second-order valence-corrected chi connectivity index (χ2v) is 4.77. The van der Waals surface area contributed by atoms with Gasteiger partial charge in [0.05, 0.1) is 10.7 Å². The fourth-order valence-corrected chi connectivity index (χ4v) is 2.56. The zero-order chi connectivity index (χ0) is 12.4. The molecule has 0 bridgehead atoms. The predicted molar refractivity (Wildman–Crippen MR) is 70.3 cm³/mol. The molecule has 0 atom stereocenters. The molecule has 0 radical (unpaired) electrons. The Bertz CT molecular complexity index is 539. The molecule has 0 aliphatic carbocycles. The van der Waals surface area contributed by atoms with Crippen LogP contribution in [0.25, 0.3) is 0 Å². The maximum absolute atomic E-state index is 11.7. The maximum atomic E-state index is 11.7. The molecule has 0 aliphatic heterocycles. The van der Waals surface area contributed by atoms with E-state index in [0.717, 1.165) is 5.00 Å². The lowest BCUT2D eigenvalue weighted by Gasteiger charge is -2.20. The molecule has 2 rings (SSSR count). The van der Waals surface area contributed by atoms with E-state index in [0.29, 0.717) is 10.7 Å². The van der Waals surface area contributed by atoms with E-state index in [1.807, 2.05) is 17.5 Å². The van der Waals surface area contributed by atoms with E-state index in [1.165, 1.54) is 35.3 Å². The van der Waals surface area contributed by atoms with Crippen LogP contribution in [0.4, 0.5) is 10.7 Å². The first kappa shape index (κ1) is 12.0. The van der Waals surface area contributed by atoms with Gasteiger partial charge in [0.25, 0.3) is 0 Å². The van der Waals surface area contributed by atoms with Crippen LogP contribution in [0, 0.1) is 0 Å². The molecule has 1 aromatic carbocycles. The fourth-order valence-electron chi connectivity index (χ4n) is 1.52. The van der Waals surface area contributed by atoms with E-state index in [2.05, 4.69) is 0 Å². The molecule has 2 aromatic rings. The molecular weight excluding hydrogens is 258 g/mol. The number of hydrogen-bond acceptors (Lipinski definition) is 3. The summed E-state index contributed by atoms with van der Waals surface area (Å²) >= 11 is 7.49. The minimum absolute atomic E-state index is 0.0773. The van der Waals surface area contributed by atoms with Crippen molar-refractivity contribution in [2.45, 2.75) is 6.92 Å². The number of halogens is 1. The van der Waals surface area contributed by atoms with Crippen molar-refractivity contribution in [2.24, 2.45) is 0 Å². The number of rotatable bonds is 2. The highest BCUT2D eigenvalue weighted by Gasteiger charge is 2.17. The lowest BCUT2D eigenvalue weighted by molar-refractivity contribution is -0.115. The minimum Gasteiger partial charge on any atom is -0.508 e. The predicted octanol–water partition coefficient (Wildman–Crippen LogP) is 3.79. The topological polar surface area (TPSA) is 40.5 Å². The smallest absolute Gasteiger partial charge is 0.229 e. The van der Waals surface area contributed by atoms with Gasteiger partial charge in [-0.1, -0.05) is 11.6 Å². The zero-order valence-corrected chi connectivity index (χ0v) is 10.6. The molecule has 0 fully saturated rings. The summed E-state index contributed by atoms with van der Waals surface area (Å²) in [5.41, 5.74) is 0.569. The van der Waals surface area contributed by atoms with Gasteiger partial charge >= 0.3 is 0 Å². The molecule has 0 saturated heterocycles. The van der Waals surface area contributed by atoms with E-state index in [4.69, 9.17) is 11.6 Å². The first-order valence-electron chi connectivity index (χ1n) is 4.92. The van der Waals surface area contributed by atoms with Gasteiger partial charge < -0.3 is 5.11 Å². The van der Waals surface area contributed by atoms with Gasteiger partial charge in [0.2, 0.25) is 5.91 Å². The monoisotopic (exact) mass is 267 g/mol. The minimum atomic E-state index is -0.125. The number of amides is 1. The van der Waals surface area contributed by atoms with Crippen molar-refractivity contribution in [1.29, 1.82) is 0 Å². The van der Waals surface area contributed by atoms with Gasteiger partial charge in [0.1, 0.15) is 10.8 Å². The highest BCUT2D eigenvalue weighted by Crippen LogP contribution is 2.36. The van der Waals surface area contributed by atoms with Gasteiger partial charge in [-0.3, -0.25) is 9.69 Å². The molecule has 1 N–H and O–H groups in total. The molecule has 5 heteroatoms. The normalized spacial score (nSPS) is 10.2. The van der Waals surface area contributed by atoms with Gasteiger partial charge in [-0.2, -0.15) is 0 Å². The van der Waals surface area contributed by atoms with E-state index in [1.54, 1.807) is 6.07 Å². The van der Waals surface area contributed by atoms with Crippen molar-refractivity contribution in [3.05, 3.63) is 40.7 Å². The van der Waals surface area contributed by atoms with Crippen LogP contribution in [0.5, 0.6) is 5.75 Å². The van der Waals surface area contributed by atoms with Crippen LogP contribution in [0.1, 0.15) is 6.92 Å². The lowest BCUT2D eigenvalue weighted by atomic mass is 10.2. The van der Waals surface area contributed by atoms with E-state index in [-0.39, 0.29) is 11.7 Å². The quantitative estimate of drug-likeness (QED) is 0.899. The molecule has 0 saturated carbocycles. The number of carbonyl (C=O) groups is 1. The molecule has 0 unspecified atom stereocenters. The molecular formula is C12H10ClNO2S. The molecule has 1 heterocycles. The van der Waals surface area contributed by atoms with Gasteiger partial charge in [0.15, 0.2) is 0 Å². The van der Waals surface area contributed by atoms with Crippen molar-refractivity contribution < 1.29 is 9.90 Å². The number of carbonyl (C=O) groups excluding carboxylic acids is 1. The number of nitrogens with zero attached hydrogens (tertiary/aromatic N) is 1. The summed E-state index contributed by atoms with van der Waals surface area (Å²) in [4.78, 5) is 13.2. The summed E-state index contributed by atoms with van der Waals surface area (Å²) in [6.45, 7) is 1.48. The lowest BCUT2D eigenvalue weighted by Crippen LogP contribution is -2.21. The third-order valence-electron chi connectivity index (χ3n) is 2.21. The number of phenolic OH excluding ortho intramolecular Hbond substituents is 1. The Kier molecular flexibility index (Phi) is 3.36. The van der Waals surface area contributed by atoms with Gasteiger partial charge in [-0.15, -0.1) is 11.3 Å². The van der Waals surface area contributed by atoms with E-state index < -0.39 is 0 Å². The van der Waals surface area contributed by atoms with Crippen molar-refractivity contribution in [1.82, 2.24) is 0 Å². The Morgan fingerprint density at radius 2 is 2.18 bits per heavy atom. The van der Waals surface area contributed by atoms with Crippen LogP contribution < -0.4 is 4.90 Å². The van der Waals surface area contributed by atoms with Crippen LogP contribution in [-0.4, -0.2) is 11.0 Å². The average Bonchev–Trinajstić information content (AvgIpc) is 2.74. The highest BCUT2D eigenvalue weighted by atomic mass is 35.5. The summed E-state index contributed by atoms with van der Waals surface area (Å²) in [7, 11) is 0. The largest absolute Gasteiger partial charge is 0.508 e. The fraction of sp³-hybridized carbons (Fsp3) is 0.0833. The van der Waals surface area contributed by atoms with Gasteiger partial charge in [0, 0.05) is 13.0 Å². The van der Waals surface area contributed by atoms with Crippen LogP contribution in [0.3, 0.4) is 0 Å². The average molecular weight is 268 g/mol. The maximum Gasteiger partial charge on any atom is 0.229 e. The van der Waals surface area contributed by atoms with Crippen molar-refractivity contribution in [3.8, 4) is 5.75 Å². The second-order valence-electron chi connectivity index (χ2n) is 3.44. The Balaban J connectivity index is 2.51. The molecule has 0 aliphatic rings. The van der Waals surface area contributed by atoms with Crippen molar-refractivity contribution >= 4 is 39.5 Å². The molecule has 0 spiro atoms. The standard InChI is InChI=1S/C12H10ClNO2S/c1-8(15)14(12-3-2-6-17-12)11-5-4-9(16)7-10(11)13/h2-7,16H,1H3. The van der Waals surface area contributed by atoms with Crippen molar-refractivity contribution in [2.75, 3.05) is 4.90 Å². The van der Waals surface area contributed by atoms with Crippen LogP contribution in [-0.2, 0) is 4.79 Å². The second kappa shape index (κ2) is 4.77. The Hall–Kier alpha value is -1.52. The summed E-state index contributed by atoms with van der Waals surface area (Å²) < 4.78 is 0. The first-order valence-corrected chi connectivity index (χ1v) is 6.18. The van der Waals surface area contributed by atoms with E-state index in [9.17, 15) is 9.90 Å². The first-order chi connectivity index (χ1) is 8.09. The molecule has 1 aromatic heterocycles. The highest BCUT2D eigenvalue weighted by molar-refractivity contribution is 7.14. The Labute approximate surface area is 108 Å². The van der Waals surface area contributed by atoms with Crippen LogP contribution >= 0.6 is 22.9 Å². The van der Waals surface area contributed by atoms with E-state index >= 15 is 0 Å². The van der Waals surface area contributed by atoms with Crippen LogP contribution in [0.15, 0.2) is 35.7 Å². The van der Waals surface area contributed by atoms with Crippen LogP contribution in [0.2, 0.25) is 5.02 Å². The SMILES string of the molecule is CC(=O)N(c1cccs1)c1ccc(O)cc1Cl. The summed E-state index contributed by atoms with van der Waals surface area (Å²) in [6, 6.07) is 8.25. The number of aromatic hydroxyl groups is 1. The number of benzene rings is 1. The Morgan fingerprint density at radius 1 is 1.41 bits per heavy atom. The molecule has 88 valence electrons. The molecule has 3 nitrogen and oxygen atoms in total. The summed E-state index contributed by atoms with van der Waals surface area (Å²) in [6.07, 6.45) is 0. The molecule has 1 amide bonds. The number of anilines is 2. The molecule has 17 heavy (non-hydrogen) atoms. The number of phenols is 1. The number of thiophene rings is 1. The summed E-state index contributed by atoms with van der Waals surface area (Å²) in [5, 5.41) is 12.3. The third kappa shape index (κ3) is 2.43. The summed E-state index contributed by atoms with van der Waals surface area (Å²) in [5.74, 6) is -0.0477. The zero-order valence-electron chi connectivity index (χ0n) is 9.05. The van der Waals surface area contributed by atoms with Gasteiger partial charge in [-0.25, -0.2) is 0 Å². The van der Waals surface area contributed by atoms with Gasteiger partial charge in [-0.05, 0) is 29.6 Å². The van der Waals surface area contributed by atoms with Crippen molar-refractivity contribution in [3.63, 3.8) is 0 Å². The number of hydrogen-bond donors (Lipinski definition) is 1. The third-order valence-corrected chi connectivity index (χ3v) is 3.37.